The number of amides is 3. The van der Waals surface area contributed by atoms with Gasteiger partial charge in [0.25, 0.3) is 5.91 Å². The van der Waals surface area contributed by atoms with Gasteiger partial charge in [-0.05, 0) is 61.4 Å². The maximum absolute atomic E-state index is 12.6. The van der Waals surface area contributed by atoms with Gasteiger partial charge in [0.15, 0.2) is 29.6 Å². The van der Waals surface area contributed by atoms with Crippen LogP contribution in [0.2, 0.25) is 5.02 Å². The summed E-state index contributed by atoms with van der Waals surface area (Å²) < 4.78 is 28.6. The number of hydrogen-bond acceptors (Lipinski definition) is 9. The van der Waals surface area contributed by atoms with Crippen molar-refractivity contribution in [1.29, 1.82) is 0 Å². The number of benzene rings is 3. The second-order valence-corrected chi connectivity index (χ2v) is 11.1. The van der Waals surface area contributed by atoms with Crippen molar-refractivity contribution >= 4 is 51.7 Å². The van der Waals surface area contributed by atoms with Crippen LogP contribution in [0, 0.1) is 0 Å². The number of hydrazone groups is 1. The number of allylic oxidation sites excluding steroid dienone is 1. The maximum Gasteiger partial charge on any atom is 0.338 e. The molecule has 46 heavy (non-hydrogen) atoms. The minimum Gasteiger partial charge on any atom is -0.493 e. The van der Waals surface area contributed by atoms with Crippen LogP contribution in [0.4, 0.5) is 4.79 Å². The number of hydrogen-bond donors (Lipinski definition) is 3. The summed E-state index contributed by atoms with van der Waals surface area (Å²) in [5, 5.41) is 10.0. The van der Waals surface area contributed by atoms with Gasteiger partial charge < -0.3 is 34.3 Å². The highest BCUT2D eigenvalue weighted by molar-refractivity contribution is 9.10. The van der Waals surface area contributed by atoms with Gasteiger partial charge in [-0.15, -0.1) is 0 Å². The van der Waals surface area contributed by atoms with Crippen LogP contribution in [0.15, 0.2) is 75.4 Å². The fraction of sp³-hybridized carbons (Fsp3) is 0.250. The van der Waals surface area contributed by atoms with E-state index in [0.29, 0.717) is 33.3 Å². The summed E-state index contributed by atoms with van der Waals surface area (Å²) in [6, 6.07) is 14.4. The summed E-state index contributed by atoms with van der Waals surface area (Å²) in [7, 11) is 2.96. The average Bonchev–Trinajstić information content (AvgIpc) is 3.03. The third-order valence-corrected chi connectivity index (χ3v) is 7.31. The van der Waals surface area contributed by atoms with Crippen molar-refractivity contribution in [3.05, 3.63) is 92.1 Å². The van der Waals surface area contributed by atoms with Crippen LogP contribution < -0.4 is 35.0 Å². The first-order valence-corrected chi connectivity index (χ1v) is 15.1. The summed E-state index contributed by atoms with van der Waals surface area (Å²) >= 11 is 9.43. The van der Waals surface area contributed by atoms with E-state index in [0.717, 1.165) is 10.0 Å². The molecule has 0 saturated heterocycles. The highest BCUT2D eigenvalue weighted by Gasteiger charge is 2.32. The Kier molecular flexibility index (Phi) is 11.9. The Morgan fingerprint density at radius 3 is 2.46 bits per heavy atom. The summed E-state index contributed by atoms with van der Waals surface area (Å²) in [4.78, 5) is 37.4. The zero-order valence-corrected chi connectivity index (χ0v) is 27.8. The molecule has 0 bridgehead atoms. The lowest BCUT2D eigenvalue weighted by molar-refractivity contribution is -0.139. The van der Waals surface area contributed by atoms with Crippen LogP contribution in [-0.4, -0.2) is 51.6 Å². The molecule has 4 rings (SSSR count). The van der Waals surface area contributed by atoms with Crippen molar-refractivity contribution in [2.45, 2.75) is 26.5 Å². The van der Waals surface area contributed by atoms with Crippen LogP contribution in [0.3, 0.4) is 0 Å². The Hall–Kier alpha value is -4.75. The highest BCUT2D eigenvalue weighted by Crippen LogP contribution is 2.36. The number of nitrogens with one attached hydrogen (secondary N) is 3. The van der Waals surface area contributed by atoms with Gasteiger partial charge in [0.2, 0.25) is 0 Å². The first kappa shape index (κ1) is 34.1. The predicted octanol–water partition coefficient (Wildman–Crippen LogP) is 5.42. The number of esters is 1. The molecule has 3 aromatic rings. The smallest absolute Gasteiger partial charge is 0.338 e. The second-order valence-electron chi connectivity index (χ2n) is 9.72. The molecule has 3 amide bonds. The molecular formula is C32H32BrClN4O8. The largest absolute Gasteiger partial charge is 0.493 e. The third kappa shape index (κ3) is 8.70. The maximum atomic E-state index is 12.6. The molecule has 1 aliphatic heterocycles. The zero-order valence-electron chi connectivity index (χ0n) is 25.4. The number of rotatable bonds is 13. The molecule has 0 fully saturated rings. The fourth-order valence-corrected chi connectivity index (χ4v) is 5.06. The van der Waals surface area contributed by atoms with Gasteiger partial charge in [-0.3, -0.25) is 4.79 Å². The van der Waals surface area contributed by atoms with Gasteiger partial charge in [0.1, 0.15) is 6.61 Å². The lowest BCUT2D eigenvalue weighted by atomic mass is 9.95. The van der Waals surface area contributed by atoms with Crippen molar-refractivity contribution in [3.8, 4) is 23.0 Å². The van der Waals surface area contributed by atoms with Crippen molar-refractivity contribution in [1.82, 2.24) is 16.1 Å². The van der Waals surface area contributed by atoms with Crippen LogP contribution in [-0.2, 0) is 20.9 Å². The summed E-state index contributed by atoms with van der Waals surface area (Å²) in [6.45, 7) is 3.36. The number of carbonyl (C=O) groups excluding carboxylic acids is 3. The van der Waals surface area contributed by atoms with E-state index in [1.807, 2.05) is 12.1 Å². The Morgan fingerprint density at radius 1 is 1.02 bits per heavy atom. The van der Waals surface area contributed by atoms with Crippen molar-refractivity contribution < 1.29 is 38.1 Å². The van der Waals surface area contributed by atoms with E-state index >= 15 is 0 Å². The second kappa shape index (κ2) is 16.0. The monoisotopic (exact) mass is 714 g/mol. The van der Waals surface area contributed by atoms with E-state index in [1.54, 1.807) is 56.3 Å². The van der Waals surface area contributed by atoms with Crippen LogP contribution in [0.25, 0.3) is 0 Å². The number of carbonyl (C=O) groups is 3. The molecule has 1 aliphatic rings. The minimum atomic E-state index is -0.787. The Labute approximate surface area is 279 Å². The molecule has 0 unspecified atom stereocenters. The molecule has 0 radical (unpaired) electrons. The number of ether oxygens (including phenoxy) is 5. The third-order valence-electron chi connectivity index (χ3n) is 6.60. The van der Waals surface area contributed by atoms with E-state index in [2.05, 4.69) is 37.1 Å². The molecule has 1 heterocycles. The normalized spacial score (nSPS) is 14.3. The predicted molar refractivity (Wildman–Crippen MR) is 174 cm³/mol. The van der Waals surface area contributed by atoms with Crippen LogP contribution >= 0.6 is 27.5 Å². The zero-order chi connectivity index (χ0) is 33.2. The summed E-state index contributed by atoms with van der Waals surface area (Å²) in [5.41, 5.74) is 5.07. The summed E-state index contributed by atoms with van der Waals surface area (Å²) in [6.07, 6.45) is 1.43. The average molecular weight is 716 g/mol. The Morgan fingerprint density at radius 2 is 1.76 bits per heavy atom. The van der Waals surface area contributed by atoms with E-state index in [9.17, 15) is 14.4 Å². The van der Waals surface area contributed by atoms with Gasteiger partial charge in [-0.25, -0.2) is 15.0 Å². The Balaban J connectivity index is 1.42. The van der Waals surface area contributed by atoms with E-state index < -0.39 is 23.9 Å². The number of halogens is 2. The first-order chi connectivity index (χ1) is 22.1. The Bertz CT molecular complexity index is 1660. The number of nitrogens with zero attached hydrogens (tertiary/aromatic N) is 1. The standard InChI is InChI=1S/C32H32BrClN4O8/c1-5-44-31(40)28-18(2)36-32(41)37-29(28)20-8-11-24(25(13-20)42-3)45-17-27(39)38-35-15-21-12-22(33)14-26(43-4)30(21)46-16-19-6-9-23(34)10-7-19/h6-15,29H,5,16-17H2,1-4H3,(H,38,39)(H2,36,37,41)/b35-15+/t29-/m0/s1. The van der Waals surface area contributed by atoms with Gasteiger partial charge in [0.05, 0.1) is 38.7 Å². The molecule has 0 aliphatic carbocycles. The molecule has 242 valence electrons. The molecule has 0 saturated carbocycles. The highest BCUT2D eigenvalue weighted by atomic mass is 79.9. The fourth-order valence-electron chi connectivity index (χ4n) is 4.48. The number of methoxy groups -OCH3 is 2. The lowest BCUT2D eigenvalue weighted by Gasteiger charge is -2.28. The van der Waals surface area contributed by atoms with E-state index in [4.69, 9.17) is 35.3 Å². The molecule has 3 aromatic carbocycles. The first-order valence-electron chi connectivity index (χ1n) is 14.0. The van der Waals surface area contributed by atoms with E-state index in [1.165, 1.54) is 20.4 Å². The molecule has 0 spiro atoms. The van der Waals surface area contributed by atoms with Crippen LogP contribution in [0.5, 0.6) is 23.0 Å². The molecule has 12 nitrogen and oxygen atoms in total. The van der Waals surface area contributed by atoms with E-state index in [-0.39, 0.29) is 36.9 Å². The van der Waals surface area contributed by atoms with Gasteiger partial charge >= 0.3 is 12.0 Å². The van der Waals surface area contributed by atoms with Gasteiger partial charge in [-0.1, -0.05) is 45.7 Å². The SMILES string of the molecule is CCOC(=O)C1=C(C)NC(=O)N[C@H]1c1ccc(OCC(=O)N/N=C/c2cc(Br)cc(OC)c2OCc2ccc(Cl)cc2)c(OC)c1. The summed E-state index contributed by atoms with van der Waals surface area (Å²) in [5.74, 6) is 0.349. The van der Waals surface area contributed by atoms with Crippen molar-refractivity contribution in [2.24, 2.45) is 5.10 Å². The molecule has 14 heteroatoms. The molecule has 0 aromatic heterocycles. The molecular weight excluding hydrogens is 684 g/mol. The number of urea groups is 1. The van der Waals surface area contributed by atoms with Gasteiger partial charge in [0, 0.05) is 20.8 Å². The van der Waals surface area contributed by atoms with Crippen molar-refractivity contribution in [2.75, 3.05) is 27.4 Å². The molecule has 3 N–H and O–H groups in total. The lowest BCUT2D eigenvalue weighted by Crippen LogP contribution is -2.45. The molecule has 1 atom stereocenters. The van der Waals surface area contributed by atoms with Crippen LogP contribution in [0.1, 0.15) is 36.6 Å². The minimum absolute atomic E-state index is 0.175. The quantitative estimate of drug-likeness (QED) is 0.121. The van der Waals surface area contributed by atoms with Crippen molar-refractivity contribution in [3.63, 3.8) is 0 Å². The van der Waals surface area contributed by atoms with Gasteiger partial charge in [-0.2, -0.15) is 5.10 Å². The topological polar surface area (TPSA) is 146 Å².